The number of benzene rings is 1. The number of amides is 1. The number of rotatable bonds is 4. The van der Waals surface area contributed by atoms with Gasteiger partial charge in [-0.3, -0.25) is 9.78 Å². The minimum absolute atomic E-state index is 0.104. The first kappa shape index (κ1) is 22.9. The number of halogens is 5. The quantitative estimate of drug-likeness (QED) is 0.562. The Kier molecular flexibility index (Phi) is 6.18. The normalized spacial score (nSPS) is 13.7. The molecular formula is C22H14Cl2F3N3O3. The second-order valence-electron chi connectivity index (χ2n) is 7.04. The first-order chi connectivity index (χ1) is 15.6. The van der Waals surface area contributed by atoms with Crippen LogP contribution in [0, 0.1) is 0 Å². The summed E-state index contributed by atoms with van der Waals surface area (Å²) in [4.78, 5) is 32.6. The van der Waals surface area contributed by atoms with Crippen molar-refractivity contribution in [2.45, 2.75) is 12.6 Å². The largest absolute Gasteiger partial charge is 0.493 e. The molecule has 0 fully saturated rings. The third-order valence-corrected chi connectivity index (χ3v) is 5.40. The lowest BCUT2D eigenvalue weighted by atomic mass is 10.1. The average molecular weight is 496 g/mol. The van der Waals surface area contributed by atoms with E-state index in [9.17, 15) is 22.8 Å². The zero-order chi connectivity index (χ0) is 23.8. The summed E-state index contributed by atoms with van der Waals surface area (Å²) in [5.74, 6) is -2.86. The topological polar surface area (TPSA) is 73.2 Å². The van der Waals surface area contributed by atoms with Gasteiger partial charge in [0.05, 0.1) is 22.6 Å². The first-order valence-electron chi connectivity index (χ1n) is 9.55. The van der Waals surface area contributed by atoms with Gasteiger partial charge in [-0.2, -0.15) is 17.9 Å². The maximum atomic E-state index is 12.9. The number of hydrogen-bond acceptors (Lipinski definition) is 4. The highest BCUT2D eigenvalue weighted by Crippen LogP contribution is 2.29. The van der Waals surface area contributed by atoms with E-state index in [0.717, 1.165) is 4.73 Å². The van der Waals surface area contributed by atoms with Crippen molar-refractivity contribution in [2.24, 2.45) is 0 Å². The molecule has 4 rings (SSSR count). The van der Waals surface area contributed by atoms with E-state index >= 15 is 0 Å². The van der Waals surface area contributed by atoms with Crippen molar-refractivity contribution >= 4 is 47.2 Å². The van der Waals surface area contributed by atoms with Gasteiger partial charge in [0.25, 0.3) is 5.91 Å². The minimum Gasteiger partial charge on any atom is -0.352 e. The number of nitrogens with zero attached hydrogens (tertiary/aromatic N) is 2. The summed E-state index contributed by atoms with van der Waals surface area (Å²) in [6.07, 6.45) is -0.244. The monoisotopic (exact) mass is 495 g/mol. The van der Waals surface area contributed by atoms with Crippen molar-refractivity contribution in [1.29, 1.82) is 0 Å². The molecule has 170 valence electrons. The first-order valence-corrected chi connectivity index (χ1v) is 10.3. The van der Waals surface area contributed by atoms with Crippen molar-refractivity contribution in [1.82, 2.24) is 15.0 Å². The second kappa shape index (κ2) is 8.92. The molecule has 3 heterocycles. The summed E-state index contributed by atoms with van der Waals surface area (Å²) in [5.41, 5.74) is 1.88. The predicted molar refractivity (Wildman–Crippen MR) is 117 cm³/mol. The van der Waals surface area contributed by atoms with Crippen molar-refractivity contribution in [3.63, 3.8) is 0 Å². The molecule has 1 aliphatic rings. The molecule has 1 amide bonds. The molecule has 0 bridgehead atoms. The van der Waals surface area contributed by atoms with Crippen LogP contribution in [-0.2, 0) is 11.2 Å². The van der Waals surface area contributed by atoms with Gasteiger partial charge in [-0.05, 0) is 48.0 Å². The van der Waals surface area contributed by atoms with Crippen LogP contribution < -0.4 is 10.2 Å². The number of alkyl halides is 3. The number of carbonyl (C=O) groups is 2. The molecule has 0 saturated heterocycles. The number of fused-ring (bicyclic) bond motifs is 1. The maximum Gasteiger partial charge on any atom is 0.493 e. The van der Waals surface area contributed by atoms with E-state index in [-0.39, 0.29) is 29.9 Å². The van der Waals surface area contributed by atoms with Gasteiger partial charge in [0, 0.05) is 34.8 Å². The molecule has 33 heavy (non-hydrogen) atoms. The van der Waals surface area contributed by atoms with Gasteiger partial charge in [0.15, 0.2) is 0 Å². The van der Waals surface area contributed by atoms with Crippen LogP contribution in [0.1, 0.15) is 27.3 Å². The minimum atomic E-state index is -5.20. The molecule has 0 saturated carbocycles. The molecule has 6 nitrogen and oxygen atoms in total. The van der Waals surface area contributed by atoms with E-state index in [0.29, 0.717) is 26.9 Å². The van der Waals surface area contributed by atoms with Gasteiger partial charge >= 0.3 is 12.1 Å². The summed E-state index contributed by atoms with van der Waals surface area (Å²) >= 11 is 12.1. The van der Waals surface area contributed by atoms with E-state index < -0.39 is 18.1 Å². The van der Waals surface area contributed by atoms with Crippen LogP contribution >= 0.6 is 23.2 Å². The maximum absolute atomic E-state index is 12.9. The Hall–Kier alpha value is -3.30. The van der Waals surface area contributed by atoms with Crippen LogP contribution in [-0.4, -0.2) is 34.3 Å². The van der Waals surface area contributed by atoms with Gasteiger partial charge < -0.3 is 10.2 Å². The fraction of sp³-hybridized carbons (Fsp3) is 0.136. The fourth-order valence-corrected chi connectivity index (χ4v) is 3.67. The number of carbonyl (C=O) groups excluding carboxylic acids is 2. The van der Waals surface area contributed by atoms with Gasteiger partial charge in [-0.25, -0.2) is 4.79 Å². The van der Waals surface area contributed by atoms with Crippen LogP contribution in [0.5, 0.6) is 0 Å². The van der Waals surface area contributed by atoms with E-state index in [1.54, 1.807) is 36.4 Å². The molecule has 0 unspecified atom stereocenters. The molecule has 0 atom stereocenters. The van der Waals surface area contributed by atoms with Crippen molar-refractivity contribution in [2.75, 3.05) is 6.54 Å². The highest BCUT2D eigenvalue weighted by Gasteiger charge is 2.43. The van der Waals surface area contributed by atoms with Crippen molar-refractivity contribution < 1.29 is 27.6 Å². The Morgan fingerprint density at radius 3 is 2.70 bits per heavy atom. The second-order valence-corrected chi connectivity index (χ2v) is 7.88. The summed E-state index contributed by atoms with van der Waals surface area (Å²) in [5, 5.41) is 3.58. The molecule has 0 spiro atoms. The lowest BCUT2D eigenvalue weighted by molar-refractivity contribution is -0.199. The molecule has 1 aromatic carbocycles. The Morgan fingerprint density at radius 2 is 1.94 bits per heavy atom. The van der Waals surface area contributed by atoms with Crippen LogP contribution in [0.15, 0.2) is 42.6 Å². The van der Waals surface area contributed by atoms with Crippen LogP contribution in [0.25, 0.3) is 23.4 Å². The summed E-state index contributed by atoms with van der Waals surface area (Å²) in [6, 6.07) is 9.44. The van der Waals surface area contributed by atoms with Crippen LogP contribution in [0.2, 0.25) is 10.0 Å². The van der Waals surface area contributed by atoms with Crippen molar-refractivity contribution in [3.8, 4) is 11.3 Å². The lowest BCUT2D eigenvalue weighted by Gasteiger charge is -2.17. The van der Waals surface area contributed by atoms with Gasteiger partial charge in [0.1, 0.15) is 0 Å². The summed E-state index contributed by atoms with van der Waals surface area (Å²) in [7, 11) is 0. The van der Waals surface area contributed by atoms with Gasteiger partial charge in [-0.15, -0.1) is 0 Å². The summed E-state index contributed by atoms with van der Waals surface area (Å²) < 4.78 is 39.4. The molecule has 2 aromatic heterocycles. The highest BCUT2D eigenvalue weighted by molar-refractivity contribution is 6.34. The molecule has 0 aliphatic carbocycles. The molecule has 3 aromatic rings. The third kappa shape index (κ3) is 4.89. The molecule has 0 radical (unpaired) electrons. The van der Waals surface area contributed by atoms with Gasteiger partial charge in [0.2, 0.25) is 0 Å². The van der Waals surface area contributed by atoms with E-state index in [1.807, 2.05) is 0 Å². The lowest BCUT2D eigenvalue weighted by Crippen LogP contribution is -2.37. The number of nitrogens with one attached hydrogen (secondary N) is 1. The Balaban J connectivity index is 1.74. The zero-order valence-corrected chi connectivity index (χ0v) is 18.1. The summed E-state index contributed by atoms with van der Waals surface area (Å²) in [6.45, 7) is 0.198. The highest BCUT2D eigenvalue weighted by atomic mass is 35.5. The number of pyridine rings is 1. The van der Waals surface area contributed by atoms with Crippen molar-refractivity contribution in [3.05, 3.63) is 75.2 Å². The number of aromatic nitrogens is 2. The standard InChI is InChI=1S/C22H14Cl2F3N3O3/c23-14-2-4-17(24)12(9-14)1-3-15-10-13(5-7-28-15)19-11-16-18(6-8-29-20(16)31)30(19)33-21(32)22(25,26)27/h1-5,7,9-11H,6,8H2,(H,29,31). The molecule has 1 aliphatic heterocycles. The fourth-order valence-electron chi connectivity index (χ4n) is 3.31. The van der Waals surface area contributed by atoms with Crippen LogP contribution in [0.4, 0.5) is 13.2 Å². The van der Waals surface area contributed by atoms with E-state index in [4.69, 9.17) is 23.2 Å². The SMILES string of the molecule is O=C1NCCc2c1cc(-c1ccnc(C=Cc3cc(Cl)ccc3Cl)c1)n2OC(=O)C(F)(F)F. The Bertz CT molecular complexity index is 1290. The van der Waals surface area contributed by atoms with E-state index in [2.05, 4.69) is 15.1 Å². The Labute approximate surface area is 195 Å². The molecular weight excluding hydrogens is 482 g/mol. The smallest absolute Gasteiger partial charge is 0.352 e. The van der Waals surface area contributed by atoms with Gasteiger partial charge in [-0.1, -0.05) is 29.3 Å². The Morgan fingerprint density at radius 1 is 1.15 bits per heavy atom. The number of hydrogen-bond donors (Lipinski definition) is 1. The average Bonchev–Trinajstić information content (AvgIpc) is 3.14. The molecule has 11 heteroatoms. The van der Waals surface area contributed by atoms with E-state index in [1.165, 1.54) is 18.3 Å². The third-order valence-electron chi connectivity index (χ3n) is 4.82. The van der Waals surface area contributed by atoms with Crippen LogP contribution in [0.3, 0.4) is 0 Å². The predicted octanol–water partition coefficient (Wildman–Crippen LogP) is 4.83. The molecule has 1 N–H and O–H groups in total. The zero-order valence-electron chi connectivity index (χ0n) is 16.6.